The number of nitro benzene ring substituents is 2. The van der Waals surface area contributed by atoms with Crippen molar-refractivity contribution in [1.29, 1.82) is 0 Å². The molecule has 0 heterocycles. The summed E-state index contributed by atoms with van der Waals surface area (Å²) in [6.45, 7) is 0.837. The molecule has 0 aliphatic carbocycles. The number of nitro groups is 2. The molecule has 0 atom stereocenters. The Hall–Kier alpha value is -3.02. The van der Waals surface area contributed by atoms with Crippen LogP contribution < -0.4 is 11.5 Å². The van der Waals surface area contributed by atoms with Crippen molar-refractivity contribution >= 4 is 31.4 Å². The maximum atomic E-state index is 13.4. The molecule has 0 aliphatic rings. The number of rotatable bonds is 19. The molecule has 14 nitrogen and oxygen atoms in total. The fourth-order valence-electron chi connectivity index (χ4n) is 4.08. The molecular weight excluding hydrogens is 564 g/mol. The third kappa shape index (κ3) is 8.74. The Bertz CT molecular complexity index is 1250. The fraction of sp³-hybridized carbons (Fsp3) is 0.500. The Morgan fingerprint density at radius 2 is 0.875 bits per heavy atom. The lowest BCUT2D eigenvalue weighted by Gasteiger charge is -2.24. The third-order valence-corrected chi connectivity index (χ3v) is 10.0. The van der Waals surface area contributed by atoms with Crippen LogP contribution in [0.15, 0.2) is 58.3 Å². The smallest absolute Gasteiger partial charge is 0.289 e. The van der Waals surface area contributed by atoms with Gasteiger partial charge < -0.3 is 11.5 Å². The van der Waals surface area contributed by atoms with Crippen molar-refractivity contribution in [1.82, 2.24) is 8.61 Å². The molecule has 0 spiro atoms. The van der Waals surface area contributed by atoms with Gasteiger partial charge in [0, 0.05) is 38.3 Å². The first kappa shape index (κ1) is 33.2. The van der Waals surface area contributed by atoms with Crippen LogP contribution >= 0.6 is 0 Å². The van der Waals surface area contributed by atoms with Gasteiger partial charge in [0.05, 0.1) is 9.85 Å². The van der Waals surface area contributed by atoms with Crippen LogP contribution in [0.3, 0.4) is 0 Å². The number of nitrogens with zero attached hydrogens (tertiary/aromatic N) is 4. The molecule has 4 N–H and O–H groups in total. The van der Waals surface area contributed by atoms with Crippen LogP contribution in [0.4, 0.5) is 11.4 Å². The molecule has 0 radical (unpaired) electrons. The Labute approximate surface area is 234 Å². The molecule has 0 bridgehead atoms. The quantitative estimate of drug-likeness (QED) is 0.136. The highest BCUT2D eigenvalue weighted by Gasteiger charge is 2.32. The Morgan fingerprint density at radius 3 is 1.18 bits per heavy atom. The molecule has 0 fully saturated rings. The van der Waals surface area contributed by atoms with Crippen molar-refractivity contribution in [2.75, 3.05) is 39.3 Å². The minimum absolute atomic E-state index is 0.0128. The van der Waals surface area contributed by atoms with E-state index in [1.807, 2.05) is 0 Å². The first-order valence-corrected chi connectivity index (χ1v) is 15.7. The zero-order valence-electron chi connectivity index (χ0n) is 22.1. The van der Waals surface area contributed by atoms with Gasteiger partial charge >= 0.3 is 0 Å². The van der Waals surface area contributed by atoms with Gasteiger partial charge in [-0.2, -0.15) is 8.61 Å². The average Bonchev–Trinajstić information content (AvgIpc) is 2.93. The van der Waals surface area contributed by atoms with E-state index in [4.69, 9.17) is 11.5 Å². The highest BCUT2D eigenvalue weighted by molar-refractivity contribution is 7.89. The lowest BCUT2D eigenvalue weighted by molar-refractivity contribution is -0.388. The van der Waals surface area contributed by atoms with Gasteiger partial charge in [-0.25, -0.2) is 16.8 Å². The van der Waals surface area contributed by atoms with Crippen molar-refractivity contribution in [2.24, 2.45) is 11.5 Å². The van der Waals surface area contributed by atoms with Gasteiger partial charge in [0.15, 0.2) is 9.79 Å². The summed E-state index contributed by atoms with van der Waals surface area (Å²) < 4.78 is 55.9. The van der Waals surface area contributed by atoms with Crippen LogP contribution in [0.25, 0.3) is 0 Å². The molecule has 0 aliphatic heterocycles. The van der Waals surface area contributed by atoms with E-state index in [-0.39, 0.29) is 39.0 Å². The summed E-state index contributed by atoms with van der Waals surface area (Å²) in [6.07, 6.45) is 2.45. The van der Waals surface area contributed by atoms with Crippen LogP contribution in [0.5, 0.6) is 0 Å². The van der Waals surface area contributed by atoms with Gasteiger partial charge in [-0.05, 0) is 63.7 Å². The molecule has 2 aromatic carbocycles. The molecule has 0 unspecified atom stereocenters. The summed E-state index contributed by atoms with van der Waals surface area (Å²) in [4.78, 5) is 20.6. The summed E-state index contributed by atoms with van der Waals surface area (Å²) in [5, 5.41) is 22.9. The summed E-state index contributed by atoms with van der Waals surface area (Å²) in [5.41, 5.74) is 10.0. The molecule has 0 saturated carbocycles. The topological polar surface area (TPSA) is 213 Å². The highest BCUT2D eigenvalue weighted by Crippen LogP contribution is 2.28. The van der Waals surface area contributed by atoms with Crippen molar-refractivity contribution in [3.63, 3.8) is 0 Å². The van der Waals surface area contributed by atoms with Crippen molar-refractivity contribution in [3.05, 3.63) is 68.8 Å². The van der Waals surface area contributed by atoms with Gasteiger partial charge in [-0.3, -0.25) is 20.2 Å². The molecule has 2 rings (SSSR count). The number of benzene rings is 2. The summed E-state index contributed by atoms with van der Waals surface area (Å²) >= 11 is 0. The molecular formula is C24H36N6O8S2. The fourth-order valence-corrected chi connectivity index (χ4v) is 7.43. The second kappa shape index (κ2) is 15.7. The van der Waals surface area contributed by atoms with Gasteiger partial charge in [0.1, 0.15) is 0 Å². The van der Waals surface area contributed by atoms with Crippen molar-refractivity contribution in [3.8, 4) is 0 Å². The third-order valence-electron chi connectivity index (χ3n) is 6.15. The second-order valence-electron chi connectivity index (χ2n) is 8.96. The normalized spacial score (nSPS) is 12.2. The first-order valence-electron chi connectivity index (χ1n) is 12.9. The SMILES string of the molecule is NCCCCN(CCCCN(CCCCN)S(=O)(=O)c1ccccc1[N+](=O)[O-])S(=O)(=O)c1ccccc1[N+](=O)[O-]. The monoisotopic (exact) mass is 600 g/mol. The first-order chi connectivity index (χ1) is 19.0. The van der Waals surface area contributed by atoms with E-state index in [1.54, 1.807) is 0 Å². The van der Waals surface area contributed by atoms with Gasteiger partial charge in [0.25, 0.3) is 11.4 Å². The molecule has 2 aromatic rings. The van der Waals surface area contributed by atoms with Crippen LogP contribution in [0.2, 0.25) is 0 Å². The van der Waals surface area contributed by atoms with Crippen molar-refractivity contribution in [2.45, 2.75) is 48.3 Å². The number of para-hydroxylation sites is 2. The van der Waals surface area contributed by atoms with Crippen molar-refractivity contribution < 1.29 is 26.7 Å². The van der Waals surface area contributed by atoms with E-state index < -0.39 is 51.1 Å². The zero-order valence-corrected chi connectivity index (χ0v) is 23.8. The highest BCUT2D eigenvalue weighted by atomic mass is 32.2. The van der Waals surface area contributed by atoms with Gasteiger partial charge in [-0.1, -0.05) is 24.3 Å². The van der Waals surface area contributed by atoms with E-state index in [0.717, 1.165) is 20.7 Å². The van der Waals surface area contributed by atoms with Crippen LogP contribution in [-0.2, 0) is 20.0 Å². The largest absolute Gasteiger partial charge is 0.330 e. The van der Waals surface area contributed by atoms with E-state index >= 15 is 0 Å². The number of sulfonamides is 2. The second-order valence-corrected chi connectivity index (χ2v) is 12.8. The molecule has 16 heteroatoms. The lowest BCUT2D eigenvalue weighted by Crippen LogP contribution is -2.36. The van der Waals surface area contributed by atoms with Gasteiger partial charge in [0.2, 0.25) is 20.0 Å². The average molecular weight is 601 g/mol. The maximum absolute atomic E-state index is 13.4. The molecule has 222 valence electrons. The van der Waals surface area contributed by atoms with Crippen LogP contribution in [-0.4, -0.2) is 74.6 Å². The molecule has 0 aromatic heterocycles. The Morgan fingerprint density at radius 1 is 0.575 bits per heavy atom. The minimum Gasteiger partial charge on any atom is -0.330 e. The van der Waals surface area contributed by atoms with E-state index in [2.05, 4.69) is 0 Å². The van der Waals surface area contributed by atoms with Crippen LogP contribution in [0.1, 0.15) is 38.5 Å². The lowest BCUT2D eigenvalue weighted by atomic mass is 10.2. The molecule has 0 amide bonds. The number of nitrogens with two attached hydrogens (primary N) is 2. The predicted octanol–water partition coefficient (Wildman–Crippen LogP) is 2.44. The number of unbranched alkanes of at least 4 members (excludes halogenated alkanes) is 3. The van der Waals surface area contributed by atoms with E-state index in [0.29, 0.717) is 38.8 Å². The number of hydrogen-bond donors (Lipinski definition) is 2. The standard InChI is InChI=1S/C24H36N6O8S2/c25-15-5-7-17-27(39(35,36)23-13-3-1-11-21(23)29(31)32)19-9-10-20-28(18-8-6-16-26)40(37,38)24-14-4-2-12-22(24)30(33)34/h1-4,11-14H,5-10,15-20,25-26H2. The zero-order chi connectivity index (χ0) is 29.8. The minimum atomic E-state index is -4.23. The summed E-state index contributed by atoms with van der Waals surface area (Å²) in [5.74, 6) is 0. The summed E-state index contributed by atoms with van der Waals surface area (Å²) in [7, 11) is -8.46. The van der Waals surface area contributed by atoms with Gasteiger partial charge in [-0.15, -0.1) is 0 Å². The molecule has 0 saturated heterocycles. The molecule has 40 heavy (non-hydrogen) atoms. The predicted molar refractivity (Wildman–Crippen MR) is 150 cm³/mol. The van der Waals surface area contributed by atoms with Crippen LogP contribution in [0, 0.1) is 20.2 Å². The number of hydrogen-bond acceptors (Lipinski definition) is 10. The Kier molecular flexibility index (Phi) is 13.0. The van der Waals surface area contributed by atoms with E-state index in [9.17, 15) is 37.1 Å². The summed E-state index contributed by atoms with van der Waals surface area (Å²) in [6, 6.07) is 10.2. The maximum Gasteiger partial charge on any atom is 0.289 e. The van der Waals surface area contributed by atoms with E-state index in [1.165, 1.54) is 36.4 Å². The Balaban J connectivity index is 2.24.